The Hall–Kier alpha value is -2.80. The number of fused-ring (bicyclic) bond motifs is 3. The first-order valence-electron chi connectivity index (χ1n) is 8.70. The van der Waals surface area contributed by atoms with Crippen LogP contribution in [0.3, 0.4) is 0 Å². The normalized spacial score (nSPS) is 14.3. The van der Waals surface area contributed by atoms with E-state index in [9.17, 15) is 9.90 Å². The molecule has 0 unspecified atom stereocenters. The van der Waals surface area contributed by atoms with Crippen molar-refractivity contribution < 1.29 is 9.90 Å². The number of benzene rings is 2. The lowest BCUT2D eigenvalue weighted by atomic mass is 9.87. The maximum atomic E-state index is 12.3. The topological polar surface area (TPSA) is 80.0 Å². The number of hydrogen-bond donors (Lipinski definition) is 2. The molecule has 0 atom stereocenters. The van der Waals surface area contributed by atoms with E-state index in [0.717, 1.165) is 23.0 Å². The van der Waals surface area contributed by atoms with Gasteiger partial charge in [0, 0.05) is 16.8 Å². The van der Waals surface area contributed by atoms with Crippen LogP contribution >= 0.6 is 11.8 Å². The zero-order chi connectivity index (χ0) is 19.0. The van der Waals surface area contributed by atoms with Crippen molar-refractivity contribution in [2.45, 2.75) is 31.0 Å². The number of phenols is 1. The van der Waals surface area contributed by atoms with E-state index in [1.54, 1.807) is 12.1 Å². The molecule has 4 rings (SSSR count). The van der Waals surface area contributed by atoms with Crippen molar-refractivity contribution in [2.75, 3.05) is 11.1 Å². The Morgan fingerprint density at radius 3 is 2.70 bits per heavy atom. The molecule has 1 aliphatic heterocycles. The average molecular weight is 380 g/mol. The largest absolute Gasteiger partial charge is 0.508 e. The Bertz CT molecular complexity index is 995. The standard InChI is InChI=1S/C20H20N4O2S/c1-20(2)11-13-5-3-4-6-16(13)18-22-23-19(24(18)20)27-12-17(26)21-14-7-9-15(25)10-8-14/h3-10,25H,11-12H2,1-2H3,(H,21,26). The van der Waals surface area contributed by atoms with Crippen molar-refractivity contribution in [3.8, 4) is 17.1 Å². The Morgan fingerprint density at radius 2 is 1.93 bits per heavy atom. The van der Waals surface area contributed by atoms with Crippen LogP contribution in [0.1, 0.15) is 19.4 Å². The van der Waals surface area contributed by atoms with Gasteiger partial charge in [-0.15, -0.1) is 10.2 Å². The molecule has 2 aromatic carbocycles. The number of aromatic hydroxyl groups is 1. The van der Waals surface area contributed by atoms with Gasteiger partial charge in [-0.3, -0.25) is 9.36 Å². The molecule has 2 N–H and O–H groups in total. The molecule has 2 heterocycles. The molecule has 138 valence electrons. The van der Waals surface area contributed by atoms with E-state index in [0.29, 0.717) is 5.69 Å². The minimum atomic E-state index is -0.164. The van der Waals surface area contributed by atoms with E-state index < -0.39 is 0 Å². The highest BCUT2D eigenvalue weighted by Gasteiger charge is 2.34. The molecule has 1 amide bonds. The fourth-order valence-corrected chi connectivity index (χ4v) is 4.29. The summed E-state index contributed by atoms with van der Waals surface area (Å²) < 4.78 is 2.13. The number of aromatic nitrogens is 3. The fraction of sp³-hybridized carbons (Fsp3) is 0.250. The van der Waals surface area contributed by atoms with Crippen LogP contribution in [0.25, 0.3) is 11.4 Å². The predicted molar refractivity (Wildman–Crippen MR) is 106 cm³/mol. The number of carbonyl (C=O) groups excluding carboxylic acids is 1. The smallest absolute Gasteiger partial charge is 0.234 e. The van der Waals surface area contributed by atoms with Crippen LogP contribution < -0.4 is 5.32 Å². The van der Waals surface area contributed by atoms with E-state index in [1.807, 2.05) is 12.1 Å². The SMILES string of the molecule is CC1(C)Cc2ccccc2-c2nnc(SCC(=O)Nc3ccc(O)cc3)n21. The van der Waals surface area contributed by atoms with Gasteiger partial charge in [-0.2, -0.15) is 0 Å². The van der Waals surface area contributed by atoms with Gasteiger partial charge in [-0.05, 0) is 50.1 Å². The molecule has 0 radical (unpaired) electrons. The van der Waals surface area contributed by atoms with E-state index in [2.05, 4.69) is 46.1 Å². The summed E-state index contributed by atoms with van der Waals surface area (Å²) in [4.78, 5) is 12.3. The van der Waals surface area contributed by atoms with Gasteiger partial charge < -0.3 is 10.4 Å². The van der Waals surface area contributed by atoms with Crippen molar-refractivity contribution in [3.63, 3.8) is 0 Å². The minimum Gasteiger partial charge on any atom is -0.508 e. The van der Waals surface area contributed by atoms with Crippen molar-refractivity contribution >= 4 is 23.4 Å². The Labute approximate surface area is 161 Å². The third-order valence-corrected chi connectivity index (χ3v) is 5.53. The predicted octanol–water partition coefficient (Wildman–Crippen LogP) is 3.67. The van der Waals surface area contributed by atoms with Gasteiger partial charge in [0.05, 0.1) is 5.75 Å². The molecule has 6 nitrogen and oxygen atoms in total. The maximum absolute atomic E-state index is 12.3. The van der Waals surface area contributed by atoms with Crippen LogP contribution in [-0.2, 0) is 16.8 Å². The number of nitrogens with one attached hydrogen (secondary N) is 1. The lowest BCUT2D eigenvalue weighted by Crippen LogP contribution is -2.33. The van der Waals surface area contributed by atoms with Gasteiger partial charge in [-0.1, -0.05) is 36.0 Å². The summed E-state index contributed by atoms with van der Waals surface area (Å²) in [6.07, 6.45) is 0.890. The molecule has 0 spiro atoms. The summed E-state index contributed by atoms with van der Waals surface area (Å²) >= 11 is 1.38. The van der Waals surface area contributed by atoms with Crippen molar-refractivity contribution in [1.29, 1.82) is 0 Å². The number of phenolic OH excluding ortho intramolecular Hbond substituents is 1. The summed E-state index contributed by atoms with van der Waals surface area (Å²) in [5, 5.41) is 21.6. The Balaban J connectivity index is 1.52. The first-order valence-corrected chi connectivity index (χ1v) is 9.68. The van der Waals surface area contributed by atoms with Gasteiger partial charge >= 0.3 is 0 Å². The zero-order valence-corrected chi connectivity index (χ0v) is 16.0. The second-order valence-electron chi connectivity index (χ2n) is 7.17. The molecule has 1 aliphatic rings. The number of hydrogen-bond acceptors (Lipinski definition) is 5. The third-order valence-electron chi connectivity index (χ3n) is 4.60. The Morgan fingerprint density at radius 1 is 1.19 bits per heavy atom. The van der Waals surface area contributed by atoms with E-state index in [-0.39, 0.29) is 22.9 Å². The van der Waals surface area contributed by atoms with Gasteiger partial charge in [0.1, 0.15) is 5.75 Å². The van der Waals surface area contributed by atoms with Crippen LogP contribution in [0.5, 0.6) is 5.75 Å². The Kier molecular flexibility index (Phi) is 4.39. The fourth-order valence-electron chi connectivity index (χ4n) is 3.39. The van der Waals surface area contributed by atoms with Gasteiger partial charge in [-0.25, -0.2) is 0 Å². The lowest BCUT2D eigenvalue weighted by Gasteiger charge is -2.34. The molecular formula is C20H20N4O2S. The van der Waals surface area contributed by atoms with E-state index in [4.69, 9.17) is 0 Å². The third kappa shape index (κ3) is 3.42. The number of anilines is 1. The zero-order valence-electron chi connectivity index (χ0n) is 15.1. The summed E-state index contributed by atoms with van der Waals surface area (Å²) in [5.41, 5.74) is 2.85. The molecule has 7 heteroatoms. The minimum absolute atomic E-state index is 0.128. The number of thioether (sulfide) groups is 1. The van der Waals surface area contributed by atoms with Crippen LogP contribution in [0, 0.1) is 0 Å². The number of nitrogens with zero attached hydrogens (tertiary/aromatic N) is 3. The van der Waals surface area contributed by atoms with Crippen LogP contribution in [-0.4, -0.2) is 31.5 Å². The molecule has 1 aromatic heterocycles. The van der Waals surface area contributed by atoms with Crippen LogP contribution in [0.2, 0.25) is 0 Å². The molecule has 3 aromatic rings. The molecule has 0 saturated heterocycles. The average Bonchev–Trinajstić information content (AvgIpc) is 3.07. The molecule has 0 saturated carbocycles. The van der Waals surface area contributed by atoms with Crippen LogP contribution in [0.15, 0.2) is 53.7 Å². The molecule has 0 fully saturated rings. The molecule has 27 heavy (non-hydrogen) atoms. The van der Waals surface area contributed by atoms with Crippen molar-refractivity contribution in [1.82, 2.24) is 14.8 Å². The second kappa shape index (κ2) is 6.74. The highest BCUT2D eigenvalue weighted by molar-refractivity contribution is 7.99. The molecule has 0 bridgehead atoms. The lowest BCUT2D eigenvalue weighted by molar-refractivity contribution is -0.113. The van der Waals surface area contributed by atoms with Gasteiger partial charge in [0.15, 0.2) is 11.0 Å². The highest BCUT2D eigenvalue weighted by atomic mass is 32.2. The molecule has 0 aliphatic carbocycles. The van der Waals surface area contributed by atoms with Gasteiger partial charge in [0.2, 0.25) is 5.91 Å². The number of carbonyl (C=O) groups is 1. The van der Waals surface area contributed by atoms with E-state index >= 15 is 0 Å². The summed E-state index contributed by atoms with van der Waals surface area (Å²) in [6.45, 7) is 4.33. The number of amides is 1. The molecular weight excluding hydrogens is 360 g/mol. The number of rotatable bonds is 4. The summed E-state index contributed by atoms with van der Waals surface area (Å²) in [7, 11) is 0. The van der Waals surface area contributed by atoms with Crippen molar-refractivity contribution in [3.05, 3.63) is 54.1 Å². The van der Waals surface area contributed by atoms with Crippen molar-refractivity contribution in [2.24, 2.45) is 0 Å². The van der Waals surface area contributed by atoms with Crippen LogP contribution in [0.4, 0.5) is 5.69 Å². The maximum Gasteiger partial charge on any atom is 0.234 e. The first kappa shape index (κ1) is 17.6. The highest BCUT2D eigenvalue weighted by Crippen LogP contribution is 2.39. The summed E-state index contributed by atoms with van der Waals surface area (Å²) in [5.74, 6) is 1.12. The van der Waals surface area contributed by atoms with E-state index in [1.165, 1.54) is 29.5 Å². The second-order valence-corrected chi connectivity index (χ2v) is 8.11. The monoisotopic (exact) mass is 380 g/mol. The summed E-state index contributed by atoms with van der Waals surface area (Å²) in [6, 6.07) is 14.7. The van der Waals surface area contributed by atoms with Gasteiger partial charge in [0.25, 0.3) is 0 Å². The quantitative estimate of drug-likeness (QED) is 0.533. The first-order chi connectivity index (χ1) is 12.9.